The van der Waals surface area contributed by atoms with Crippen molar-refractivity contribution in [2.45, 2.75) is 44.0 Å². The fraction of sp³-hybridized carbons (Fsp3) is 0.500. The van der Waals surface area contributed by atoms with Gasteiger partial charge in [0.05, 0.1) is 6.04 Å². The second-order valence-electron chi connectivity index (χ2n) is 7.26. The number of methoxy groups -OCH3 is 1. The summed E-state index contributed by atoms with van der Waals surface area (Å²) in [7, 11) is 1.58. The smallest absolute Gasteiger partial charge is 0.255 e. The summed E-state index contributed by atoms with van der Waals surface area (Å²) in [6, 6.07) is 5.78. The molecule has 0 radical (unpaired) electrons. The highest BCUT2D eigenvalue weighted by Crippen LogP contribution is 2.40. The van der Waals surface area contributed by atoms with E-state index in [-0.39, 0.29) is 23.9 Å². The molecule has 2 aliphatic rings. The molecule has 0 N–H and O–H groups in total. The predicted octanol–water partition coefficient (Wildman–Crippen LogP) is 1.26. The fourth-order valence-electron chi connectivity index (χ4n) is 4.21. The topological polar surface area (TPSA) is 80.6 Å². The molecule has 8 nitrogen and oxygen atoms in total. The maximum absolute atomic E-state index is 12.6. The summed E-state index contributed by atoms with van der Waals surface area (Å²) in [6.45, 7) is 1.94. The van der Waals surface area contributed by atoms with E-state index in [1.807, 2.05) is 34.2 Å². The summed E-state index contributed by atoms with van der Waals surface area (Å²) in [5, 5.41) is 4.13. The van der Waals surface area contributed by atoms with Crippen LogP contribution in [0.3, 0.4) is 0 Å². The molecule has 4 heterocycles. The van der Waals surface area contributed by atoms with Crippen molar-refractivity contribution in [3.8, 4) is 0 Å². The number of amides is 2. The number of nitrogens with zero attached hydrogens (tertiary/aromatic N) is 5. The second kappa shape index (κ2) is 8.10. The van der Waals surface area contributed by atoms with E-state index < -0.39 is 6.10 Å². The second-order valence-corrected chi connectivity index (χ2v) is 7.26. The van der Waals surface area contributed by atoms with Crippen LogP contribution in [-0.2, 0) is 20.9 Å². The van der Waals surface area contributed by atoms with Gasteiger partial charge in [0.15, 0.2) is 6.10 Å². The Balaban J connectivity index is 1.35. The number of carbonyl (C=O) groups is 2. The lowest BCUT2D eigenvalue weighted by Gasteiger charge is -2.52. The number of aromatic nitrogens is 3. The van der Waals surface area contributed by atoms with Crippen LogP contribution >= 0.6 is 0 Å². The van der Waals surface area contributed by atoms with Crippen LogP contribution in [0.4, 0.5) is 0 Å². The van der Waals surface area contributed by atoms with Crippen LogP contribution in [0, 0.1) is 0 Å². The van der Waals surface area contributed by atoms with Crippen LogP contribution in [0.5, 0.6) is 0 Å². The van der Waals surface area contributed by atoms with Crippen LogP contribution in [0.15, 0.2) is 43.0 Å². The first-order valence-corrected chi connectivity index (χ1v) is 9.69. The van der Waals surface area contributed by atoms with Crippen LogP contribution in [0.25, 0.3) is 0 Å². The number of aryl methyl sites for hydroxylation is 1. The minimum atomic E-state index is -0.434. The maximum atomic E-state index is 12.6. The van der Waals surface area contributed by atoms with Gasteiger partial charge >= 0.3 is 0 Å². The lowest BCUT2D eigenvalue weighted by molar-refractivity contribution is -0.178. The van der Waals surface area contributed by atoms with Gasteiger partial charge < -0.3 is 14.5 Å². The number of carbonyl (C=O) groups excluding carboxylic acids is 2. The summed E-state index contributed by atoms with van der Waals surface area (Å²) in [5.41, 5.74) is 1.04. The zero-order chi connectivity index (χ0) is 19.5. The van der Waals surface area contributed by atoms with Gasteiger partial charge in [-0.3, -0.25) is 19.3 Å². The third-order valence-electron chi connectivity index (χ3n) is 5.71. The Morgan fingerprint density at radius 2 is 1.96 bits per heavy atom. The molecule has 0 unspecified atom stereocenters. The van der Waals surface area contributed by atoms with E-state index in [1.54, 1.807) is 30.4 Å². The molecule has 2 amide bonds. The van der Waals surface area contributed by atoms with Crippen LogP contribution in [-0.4, -0.2) is 68.7 Å². The molecule has 0 bridgehead atoms. The molecule has 8 heteroatoms. The highest BCUT2D eigenvalue weighted by atomic mass is 16.5. The van der Waals surface area contributed by atoms with Gasteiger partial charge in [-0.25, -0.2) is 0 Å². The standard InChI is InChI=1S/C20H25N5O3/c1-28-19-18(15-3-9-21-10-4-15)25(20(19)27)16-5-12-23(13-6-16)17(26)7-14-24-11-2-8-22-24/h2-4,8-11,16,18-19H,5-7,12-14H2,1H3/t18-,19+/m0/s1. The molecule has 148 valence electrons. The molecule has 2 aliphatic heterocycles. The van der Waals surface area contributed by atoms with Crippen molar-refractivity contribution in [1.29, 1.82) is 0 Å². The molecular formula is C20H25N5O3. The van der Waals surface area contributed by atoms with Gasteiger partial charge in [0.1, 0.15) is 0 Å². The minimum absolute atomic E-state index is 0.0350. The number of hydrogen-bond donors (Lipinski definition) is 0. The van der Waals surface area contributed by atoms with Gasteiger partial charge in [-0.15, -0.1) is 0 Å². The van der Waals surface area contributed by atoms with Crippen molar-refractivity contribution in [1.82, 2.24) is 24.6 Å². The normalized spacial score (nSPS) is 23.0. The van der Waals surface area contributed by atoms with E-state index in [4.69, 9.17) is 4.74 Å². The molecule has 0 aromatic carbocycles. The minimum Gasteiger partial charge on any atom is -0.369 e. The number of pyridine rings is 1. The zero-order valence-electron chi connectivity index (χ0n) is 16.0. The number of piperidine rings is 1. The average molecular weight is 383 g/mol. The predicted molar refractivity (Wildman–Crippen MR) is 101 cm³/mol. The number of likely N-dealkylation sites (tertiary alicyclic amines) is 2. The number of β-lactam (4-membered cyclic amide) rings is 1. The maximum Gasteiger partial charge on any atom is 0.255 e. The average Bonchev–Trinajstić information content (AvgIpc) is 3.25. The van der Waals surface area contributed by atoms with E-state index in [1.165, 1.54) is 0 Å². The number of hydrogen-bond acceptors (Lipinski definition) is 5. The lowest BCUT2D eigenvalue weighted by atomic mass is 9.86. The molecule has 4 rings (SSSR count). The first-order valence-electron chi connectivity index (χ1n) is 9.69. The molecule has 2 atom stereocenters. The summed E-state index contributed by atoms with van der Waals surface area (Å²) in [6.07, 6.45) is 8.64. The summed E-state index contributed by atoms with van der Waals surface area (Å²) in [4.78, 5) is 33.0. The van der Waals surface area contributed by atoms with Crippen molar-refractivity contribution in [2.24, 2.45) is 0 Å². The van der Waals surface area contributed by atoms with Gasteiger partial charge in [0.25, 0.3) is 5.91 Å². The Bertz CT molecular complexity index is 803. The van der Waals surface area contributed by atoms with E-state index in [2.05, 4.69) is 10.1 Å². The molecule has 2 aromatic heterocycles. The van der Waals surface area contributed by atoms with Gasteiger partial charge in [0, 0.05) is 64.0 Å². The van der Waals surface area contributed by atoms with E-state index >= 15 is 0 Å². The van der Waals surface area contributed by atoms with Gasteiger partial charge in [-0.1, -0.05) is 0 Å². The highest BCUT2D eigenvalue weighted by Gasteiger charge is 2.51. The van der Waals surface area contributed by atoms with Crippen LogP contribution in [0.1, 0.15) is 30.9 Å². The Hall–Kier alpha value is -2.74. The Morgan fingerprint density at radius 1 is 1.21 bits per heavy atom. The van der Waals surface area contributed by atoms with Gasteiger partial charge in [-0.05, 0) is 36.6 Å². The summed E-state index contributed by atoms with van der Waals surface area (Å²) >= 11 is 0. The van der Waals surface area contributed by atoms with Crippen molar-refractivity contribution >= 4 is 11.8 Å². The summed E-state index contributed by atoms with van der Waals surface area (Å²) < 4.78 is 7.20. The van der Waals surface area contributed by atoms with E-state index in [0.717, 1.165) is 18.4 Å². The lowest BCUT2D eigenvalue weighted by Crippen LogP contribution is -2.64. The van der Waals surface area contributed by atoms with Crippen molar-refractivity contribution in [3.05, 3.63) is 48.5 Å². The quantitative estimate of drug-likeness (QED) is 0.702. The van der Waals surface area contributed by atoms with Crippen LogP contribution < -0.4 is 0 Å². The van der Waals surface area contributed by atoms with Crippen LogP contribution in [0.2, 0.25) is 0 Å². The zero-order valence-corrected chi connectivity index (χ0v) is 16.0. The fourth-order valence-corrected chi connectivity index (χ4v) is 4.21. The molecular weight excluding hydrogens is 358 g/mol. The molecule has 28 heavy (non-hydrogen) atoms. The Kier molecular flexibility index (Phi) is 5.38. The monoisotopic (exact) mass is 383 g/mol. The Labute approximate surface area is 164 Å². The first-order chi connectivity index (χ1) is 13.7. The molecule has 2 fully saturated rings. The van der Waals surface area contributed by atoms with E-state index in [9.17, 15) is 9.59 Å². The van der Waals surface area contributed by atoms with E-state index in [0.29, 0.717) is 26.1 Å². The molecule has 2 aromatic rings. The highest BCUT2D eigenvalue weighted by molar-refractivity contribution is 5.89. The summed E-state index contributed by atoms with van der Waals surface area (Å²) in [5.74, 6) is 0.178. The van der Waals surface area contributed by atoms with Gasteiger partial charge in [0.2, 0.25) is 5.91 Å². The molecule has 0 aliphatic carbocycles. The Morgan fingerprint density at radius 3 is 2.61 bits per heavy atom. The number of rotatable bonds is 6. The largest absolute Gasteiger partial charge is 0.369 e. The van der Waals surface area contributed by atoms with Crippen molar-refractivity contribution in [2.75, 3.05) is 20.2 Å². The van der Waals surface area contributed by atoms with Crippen molar-refractivity contribution < 1.29 is 14.3 Å². The first kappa shape index (κ1) is 18.6. The third-order valence-corrected chi connectivity index (χ3v) is 5.71. The van der Waals surface area contributed by atoms with Crippen molar-refractivity contribution in [3.63, 3.8) is 0 Å². The molecule has 0 saturated carbocycles. The molecule has 2 saturated heterocycles. The molecule has 0 spiro atoms. The van der Waals surface area contributed by atoms with Gasteiger partial charge in [-0.2, -0.15) is 5.10 Å². The number of ether oxygens (including phenoxy) is 1. The third kappa shape index (κ3) is 3.52. The SMILES string of the molecule is CO[C@H]1C(=O)N(C2CCN(C(=O)CCn3cccn3)CC2)[C@H]1c1ccncc1.